The van der Waals surface area contributed by atoms with Crippen LogP contribution in [0.4, 0.5) is 10.5 Å². The van der Waals surface area contributed by atoms with Crippen LogP contribution < -0.4 is 4.90 Å². The molecule has 3 heterocycles. The van der Waals surface area contributed by atoms with Crippen molar-refractivity contribution in [1.82, 2.24) is 4.90 Å². The molecule has 0 saturated carbocycles. The molecular formula is C21H20N2O6S. The zero-order valence-corrected chi connectivity index (χ0v) is 17.1. The van der Waals surface area contributed by atoms with Crippen molar-refractivity contribution in [1.29, 1.82) is 0 Å². The van der Waals surface area contributed by atoms with Crippen molar-refractivity contribution in [3.8, 4) is 0 Å². The number of morpholine rings is 1. The standard InChI is InChI=1S/C21H20N2O6S/c1-27-20(25)17-7-6-16(29-17)13-23-19(24)18(30-21(23)26)12-14-2-4-15(5-3-14)22-8-10-28-11-9-22/h2-7,12H,8-11,13H2,1H3. The third-order valence-electron chi connectivity index (χ3n) is 4.80. The van der Waals surface area contributed by atoms with Gasteiger partial charge in [-0.25, -0.2) is 4.79 Å². The number of amides is 2. The summed E-state index contributed by atoms with van der Waals surface area (Å²) < 4.78 is 15.3. The Morgan fingerprint density at radius 3 is 2.57 bits per heavy atom. The lowest BCUT2D eigenvalue weighted by Crippen LogP contribution is -2.36. The molecule has 0 bridgehead atoms. The lowest BCUT2D eigenvalue weighted by atomic mass is 10.1. The fraction of sp³-hybridized carbons (Fsp3) is 0.286. The second-order valence-corrected chi connectivity index (χ2v) is 7.71. The number of anilines is 1. The van der Waals surface area contributed by atoms with E-state index in [0.717, 1.165) is 41.0 Å². The number of benzene rings is 1. The number of ether oxygens (including phenoxy) is 2. The summed E-state index contributed by atoms with van der Waals surface area (Å²) in [6, 6.07) is 10.8. The minimum absolute atomic E-state index is 0.0235. The van der Waals surface area contributed by atoms with Crippen LogP contribution in [-0.2, 0) is 20.8 Å². The first-order valence-electron chi connectivity index (χ1n) is 9.40. The van der Waals surface area contributed by atoms with E-state index in [-0.39, 0.29) is 17.5 Å². The lowest BCUT2D eigenvalue weighted by Gasteiger charge is -2.28. The highest BCUT2D eigenvalue weighted by Gasteiger charge is 2.35. The van der Waals surface area contributed by atoms with Gasteiger partial charge in [0.1, 0.15) is 5.76 Å². The third kappa shape index (κ3) is 4.27. The number of esters is 1. The Balaban J connectivity index is 1.44. The van der Waals surface area contributed by atoms with Gasteiger partial charge < -0.3 is 18.8 Å². The average molecular weight is 428 g/mol. The molecular weight excluding hydrogens is 408 g/mol. The monoisotopic (exact) mass is 428 g/mol. The van der Waals surface area contributed by atoms with Gasteiger partial charge in [0.05, 0.1) is 31.8 Å². The Morgan fingerprint density at radius 2 is 1.87 bits per heavy atom. The van der Waals surface area contributed by atoms with Crippen molar-refractivity contribution in [3.63, 3.8) is 0 Å². The van der Waals surface area contributed by atoms with Gasteiger partial charge >= 0.3 is 5.97 Å². The maximum Gasteiger partial charge on any atom is 0.373 e. The molecule has 2 aliphatic heterocycles. The summed E-state index contributed by atoms with van der Waals surface area (Å²) >= 11 is 0.884. The van der Waals surface area contributed by atoms with Gasteiger partial charge in [-0.05, 0) is 47.7 Å². The van der Waals surface area contributed by atoms with Crippen LogP contribution in [0.1, 0.15) is 21.9 Å². The lowest BCUT2D eigenvalue weighted by molar-refractivity contribution is -0.123. The smallest absolute Gasteiger partial charge is 0.373 e. The maximum absolute atomic E-state index is 12.7. The number of furan rings is 1. The summed E-state index contributed by atoms with van der Waals surface area (Å²) in [5.74, 6) is -0.654. The van der Waals surface area contributed by atoms with E-state index in [1.807, 2.05) is 24.3 Å². The second-order valence-electron chi connectivity index (χ2n) is 6.72. The number of hydrogen-bond donors (Lipinski definition) is 0. The van der Waals surface area contributed by atoms with E-state index < -0.39 is 11.9 Å². The van der Waals surface area contributed by atoms with Crippen LogP contribution in [0, 0.1) is 0 Å². The van der Waals surface area contributed by atoms with E-state index in [1.54, 1.807) is 12.1 Å². The van der Waals surface area contributed by atoms with Gasteiger partial charge in [-0.1, -0.05) is 12.1 Å². The SMILES string of the molecule is COC(=O)c1ccc(CN2C(=O)SC(=Cc3ccc(N4CCOCC4)cc3)C2=O)o1. The fourth-order valence-electron chi connectivity index (χ4n) is 3.22. The second kappa shape index (κ2) is 8.76. The van der Waals surface area contributed by atoms with E-state index in [9.17, 15) is 14.4 Å². The Morgan fingerprint density at radius 1 is 1.13 bits per heavy atom. The predicted molar refractivity (Wildman–Crippen MR) is 111 cm³/mol. The number of thioether (sulfide) groups is 1. The Labute approximate surface area is 177 Å². The number of rotatable bonds is 5. The molecule has 2 aromatic rings. The minimum atomic E-state index is -0.615. The first-order valence-corrected chi connectivity index (χ1v) is 10.2. The van der Waals surface area contributed by atoms with Gasteiger partial charge in [-0.2, -0.15) is 0 Å². The van der Waals surface area contributed by atoms with Crippen LogP contribution >= 0.6 is 11.8 Å². The number of carbonyl (C=O) groups is 3. The molecule has 1 aromatic heterocycles. The van der Waals surface area contributed by atoms with Crippen molar-refractivity contribution < 1.29 is 28.3 Å². The normalized spacial score (nSPS) is 18.4. The molecule has 0 spiro atoms. The highest BCUT2D eigenvalue weighted by molar-refractivity contribution is 8.18. The Bertz CT molecular complexity index is 991. The van der Waals surface area contributed by atoms with Crippen LogP contribution in [0.2, 0.25) is 0 Å². The molecule has 8 nitrogen and oxygen atoms in total. The molecule has 9 heteroatoms. The largest absolute Gasteiger partial charge is 0.463 e. The van der Waals surface area contributed by atoms with Gasteiger partial charge in [0.25, 0.3) is 11.1 Å². The number of hydrogen-bond acceptors (Lipinski definition) is 8. The summed E-state index contributed by atoms with van der Waals surface area (Å²) in [6.07, 6.45) is 1.70. The first-order chi connectivity index (χ1) is 14.5. The highest BCUT2D eigenvalue weighted by Crippen LogP contribution is 2.33. The van der Waals surface area contributed by atoms with Crippen LogP contribution in [0.5, 0.6) is 0 Å². The average Bonchev–Trinajstić information content (AvgIpc) is 3.35. The molecule has 2 amide bonds. The molecule has 2 fully saturated rings. The van der Waals surface area contributed by atoms with E-state index >= 15 is 0 Å². The molecule has 2 saturated heterocycles. The van der Waals surface area contributed by atoms with Crippen molar-refractivity contribution in [3.05, 3.63) is 58.4 Å². The van der Waals surface area contributed by atoms with Gasteiger partial charge in [-0.15, -0.1) is 0 Å². The molecule has 156 valence electrons. The molecule has 4 rings (SSSR count). The highest BCUT2D eigenvalue weighted by atomic mass is 32.2. The zero-order valence-electron chi connectivity index (χ0n) is 16.3. The topological polar surface area (TPSA) is 89.3 Å². The van der Waals surface area contributed by atoms with Gasteiger partial charge in [0, 0.05) is 18.8 Å². The maximum atomic E-state index is 12.7. The predicted octanol–water partition coefficient (Wildman–Crippen LogP) is 3.14. The quantitative estimate of drug-likeness (QED) is 0.530. The van der Waals surface area contributed by atoms with Gasteiger partial charge in [0.2, 0.25) is 5.76 Å². The van der Waals surface area contributed by atoms with E-state index in [4.69, 9.17) is 9.15 Å². The molecule has 0 N–H and O–H groups in total. The summed E-state index contributed by atoms with van der Waals surface area (Å²) in [4.78, 5) is 40.2. The van der Waals surface area contributed by atoms with Crippen molar-refractivity contribution in [2.45, 2.75) is 6.54 Å². The Hall–Kier alpha value is -3.04. The van der Waals surface area contributed by atoms with Gasteiger partial charge in [-0.3, -0.25) is 14.5 Å². The van der Waals surface area contributed by atoms with E-state index in [0.29, 0.717) is 23.9 Å². The molecule has 0 radical (unpaired) electrons. The summed E-state index contributed by atoms with van der Waals surface area (Å²) in [5, 5.41) is -0.382. The molecule has 0 atom stereocenters. The fourth-order valence-corrected chi connectivity index (χ4v) is 4.06. The molecule has 30 heavy (non-hydrogen) atoms. The summed E-state index contributed by atoms with van der Waals surface area (Å²) in [6.45, 7) is 3.08. The summed E-state index contributed by atoms with van der Waals surface area (Å²) in [5.41, 5.74) is 1.94. The summed E-state index contributed by atoms with van der Waals surface area (Å²) in [7, 11) is 1.25. The van der Waals surface area contributed by atoms with E-state index in [1.165, 1.54) is 13.2 Å². The molecule has 2 aliphatic rings. The van der Waals surface area contributed by atoms with Crippen LogP contribution in [0.3, 0.4) is 0 Å². The van der Waals surface area contributed by atoms with Crippen molar-refractivity contribution in [2.24, 2.45) is 0 Å². The number of imide groups is 1. The van der Waals surface area contributed by atoms with Crippen molar-refractivity contribution in [2.75, 3.05) is 38.3 Å². The van der Waals surface area contributed by atoms with E-state index in [2.05, 4.69) is 9.64 Å². The third-order valence-corrected chi connectivity index (χ3v) is 5.71. The number of nitrogens with zero attached hydrogens (tertiary/aromatic N) is 2. The van der Waals surface area contributed by atoms with Crippen molar-refractivity contribution >= 4 is 40.6 Å². The number of methoxy groups -OCH3 is 1. The number of carbonyl (C=O) groups excluding carboxylic acids is 3. The molecule has 0 unspecified atom stereocenters. The molecule has 0 aliphatic carbocycles. The zero-order chi connectivity index (χ0) is 21.1. The minimum Gasteiger partial charge on any atom is -0.463 e. The van der Waals surface area contributed by atoms with Crippen LogP contribution in [0.15, 0.2) is 45.7 Å². The van der Waals surface area contributed by atoms with Crippen LogP contribution in [-0.4, -0.2) is 55.4 Å². The van der Waals surface area contributed by atoms with Crippen LogP contribution in [0.25, 0.3) is 6.08 Å². The molecule has 1 aromatic carbocycles. The first kappa shape index (κ1) is 20.2. The van der Waals surface area contributed by atoms with Gasteiger partial charge in [0.15, 0.2) is 0 Å². The Kier molecular flexibility index (Phi) is 5.91.